The molecule has 2 aromatic heterocycles. The normalized spacial score (nSPS) is 10.7. The van der Waals surface area contributed by atoms with Gasteiger partial charge in [0, 0.05) is 23.0 Å². The Bertz CT molecular complexity index is 1140. The van der Waals surface area contributed by atoms with Gasteiger partial charge in [0.2, 0.25) is 0 Å². The zero-order chi connectivity index (χ0) is 20.2. The molecule has 2 heterocycles. The van der Waals surface area contributed by atoms with Crippen LogP contribution in [0.25, 0.3) is 11.1 Å². The molecule has 0 saturated heterocycles. The van der Waals surface area contributed by atoms with Crippen molar-refractivity contribution in [2.75, 3.05) is 11.6 Å². The second-order valence-corrected chi connectivity index (χ2v) is 7.25. The number of hydrogen-bond donors (Lipinski definition) is 1. The van der Waals surface area contributed by atoms with Gasteiger partial charge in [-0.15, -0.1) is 11.8 Å². The Morgan fingerprint density at radius 3 is 2.45 bits per heavy atom. The van der Waals surface area contributed by atoms with Gasteiger partial charge in [-0.3, -0.25) is 4.79 Å². The van der Waals surface area contributed by atoms with E-state index in [1.165, 1.54) is 0 Å². The van der Waals surface area contributed by atoms with Crippen LogP contribution in [0.1, 0.15) is 21.7 Å². The fourth-order valence-corrected chi connectivity index (χ4v) is 3.66. The van der Waals surface area contributed by atoms with Crippen LogP contribution in [-0.4, -0.2) is 22.2 Å². The van der Waals surface area contributed by atoms with Crippen molar-refractivity contribution in [3.05, 3.63) is 89.8 Å². The number of carbonyl (C=O) groups excluding carboxylic acids is 1. The SMILES string of the molecule is CSc1noc(C)c1-c1ccnc(Nc2ccc(C(=O)c3ccccc3)cc2)c1. The van der Waals surface area contributed by atoms with Gasteiger partial charge < -0.3 is 9.84 Å². The maximum absolute atomic E-state index is 12.5. The molecule has 0 aliphatic carbocycles. The lowest BCUT2D eigenvalue weighted by atomic mass is 10.0. The molecule has 0 aliphatic rings. The van der Waals surface area contributed by atoms with Gasteiger partial charge in [0.15, 0.2) is 5.78 Å². The lowest BCUT2D eigenvalue weighted by Gasteiger charge is -2.09. The van der Waals surface area contributed by atoms with Crippen molar-refractivity contribution < 1.29 is 9.32 Å². The molecule has 0 fully saturated rings. The number of carbonyl (C=O) groups is 1. The smallest absolute Gasteiger partial charge is 0.193 e. The molecule has 4 rings (SSSR count). The minimum atomic E-state index is 0.00444. The average Bonchev–Trinajstić information content (AvgIpc) is 3.15. The number of thioether (sulfide) groups is 1. The summed E-state index contributed by atoms with van der Waals surface area (Å²) >= 11 is 1.55. The molecule has 0 unspecified atom stereocenters. The lowest BCUT2D eigenvalue weighted by molar-refractivity contribution is 0.103. The summed E-state index contributed by atoms with van der Waals surface area (Å²) in [6.45, 7) is 1.90. The lowest BCUT2D eigenvalue weighted by Crippen LogP contribution is -2.01. The van der Waals surface area contributed by atoms with E-state index in [1.54, 1.807) is 18.0 Å². The first-order chi connectivity index (χ1) is 14.2. The van der Waals surface area contributed by atoms with Crippen LogP contribution in [0.15, 0.2) is 82.5 Å². The molecule has 144 valence electrons. The van der Waals surface area contributed by atoms with Crippen LogP contribution in [-0.2, 0) is 0 Å². The van der Waals surface area contributed by atoms with Crippen LogP contribution in [0.5, 0.6) is 0 Å². The van der Waals surface area contributed by atoms with Gasteiger partial charge >= 0.3 is 0 Å². The molecular formula is C23H19N3O2S. The van der Waals surface area contributed by atoms with Crippen molar-refractivity contribution in [2.24, 2.45) is 0 Å². The van der Waals surface area contributed by atoms with E-state index in [0.29, 0.717) is 16.9 Å². The number of hydrogen-bond acceptors (Lipinski definition) is 6. The van der Waals surface area contributed by atoms with E-state index in [9.17, 15) is 4.79 Å². The molecule has 0 atom stereocenters. The van der Waals surface area contributed by atoms with Gasteiger partial charge in [-0.25, -0.2) is 4.98 Å². The Balaban J connectivity index is 1.54. The molecule has 0 bridgehead atoms. The molecule has 29 heavy (non-hydrogen) atoms. The van der Waals surface area contributed by atoms with Crippen molar-refractivity contribution in [3.8, 4) is 11.1 Å². The highest BCUT2D eigenvalue weighted by atomic mass is 32.2. The van der Waals surface area contributed by atoms with Crippen molar-refractivity contribution in [1.29, 1.82) is 0 Å². The Labute approximate surface area is 173 Å². The Morgan fingerprint density at radius 2 is 1.72 bits per heavy atom. The number of ketones is 1. The molecular weight excluding hydrogens is 382 g/mol. The van der Waals surface area contributed by atoms with E-state index < -0.39 is 0 Å². The Hall–Kier alpha value is -3.38. The summed E-state index contributed by atoms with van der Waals surface area (Å²) in [6, 6.07) is 20.5. The van der Waals surface area contributed by atoms with E-state index in [2.05, 4.69) is 15.5 Å². The zero-order valence-electron chi connectivity index (χ0n) is 16.0. The minimum Gasteiger partial charge on any atom is -0.360 e. The molecule has 5 nitrogen and oxygen atoms in total. The third kappa shape index (κ3) is 4.07. The topological polar surface area (TPSA) is 68.0 Å². The highest BCUT2D eigenvalue weighted by molar-refractivity contribution is 7.98. The standard InChI is InChI=1S/C23H19N3O2S/c1-15-21(23(29-2)26-28-15)18-12-13-24-20(14-18)25-19-10-8-17(9-11-19)22(27)16-6-4-3-5-7-16/h3-14H,1-2H3,(H,24,25). The van der Waals surface area contributed by atoms with Crippen LogP contribution in [0.4, 0.5) is 11.5 Å². The average molecular weight is 401 g/mol. The van der Waals surface area contributed by atoms with Crippen molar-refractivity contribution >= 4 is 29.1 Å². The Kier molecular flexibility index (Phi) is 5.44. The molecule has 0 amide bonds. The first-order valence-corrected chi connectivity index (χ1v) is 10.3. The third-order valence-corrected chi connectivity index (χ3v) is 5.19. The number of aryl methyl sites for hydroxylation is 1. The van der Waals surface area contributed by atoms with Crippen molar-refractivity contribution in [2.45, 2.75) is 11.9 Å². The molecule has 0 radical (unpaired) electrons. The van der Waals surface area contributed by atoms with Gasteiger partial charge in [0.05, 0.1) is 5.56 Å². The molecule has 4 aromatic rings. The highest BCUT2D eigenvalue weighted by Crippen LogP contribution is 2.33. The highest BCUT2D eigenvalue weighted by Gasteiger charge is 2.15. The predicted octanol–water partition coefficient (Wildman–Crippen LogP) is 5.74. The van der Waals surface area contributed by atoms with Crippen LogP contribution < -0.4 is 5.32 Å². The maximum Gasteiger partial charge on any atom is 0.193 e. The van der Waals surface area contributed by atoms with Crippen LogP contribution in [0.3, 0.4) is 0 Å². The number of anilines is 2. The second-order valence-electron chi connectivity index (χ2n) is 6.45. The van der Waals surface area contributed by atoms with Gasteiger partial charge in [0.1, 0.15) is 16.6 Å². The fraction of sp³-hybridized carbons (Fsp3) is 0.0870. The quantitative estimate of drug-likeness (QED) is 0.328. The summed E-state index contributed by atoms with van der Waals surface area (Å²) in [6.07, 6.45) is 3.72. The van der Waals surface area contributed by atoms with E-state index in [1.807, 2.05) is 79.9 Å². The van der Waals surface area contributed by atoms with Gasteiger partial charge in [-0.1, -0.05) is 35.5 Å². The molecule has 2 aromatic carbocycles. The van der Waals surface area contributed by atoms with Gasteiger partial charge in [-0.2, -0.15) is 0 Å². The Morgan fingerprint density at radius 1 is 1.00 bits per heavy atom. The molecule has 1 N–H and O–H groups in total. The maximum atomic E-state index is 12.5. The predicted molar refractivity (Wildman–Crippen MR) is 116 cm³/mol. The summed E-state index contributed by atoms with van der Waals surface area (Å²) < 4.78 is 5.33. The first-order valence-electron chi connectivity index (χ1n) is 9.09. The van der Waals surface area contributed by atoms with E-state index in [-0.39, 0.29) is 5.78 Å². The van der Waals surface area contributed by atoms with Gasteiger partial charge in [0.25, 0.3) is 0 Å². The summed E-state index contributed by atoms with van der Waals surface area (Å²) in [5.41, 5.74) is 4.14. The van der Waals surface area contributed by atoms with Crippen LogP contribution in [0, 0.1) is 6.92 Å². The monoisotopic (exact) mass is 401 g/mol. The number of nitrogens with one attached hydrogen (secondary N) is 1. The second kappa shape index (κ2) is 8.32. The number of aromatic nitrogens is 2. The zero-order valence-corrected chi connectivity index (χ0v) is 16.9. The van der Waals surface area contributed by atoms with Crippen LogP contribution >= 0.6 is 11.8 Å². The first kappa shape index (κ1) is 19.0. The number of nitrogens with zero attached hydrogens (tertiary/aromatic N) is 2. The van der Waals surface area contributed by atoms with Crippen molar-refractivity contribution in [1.82, 2.24) is 10.1 Å². The fourth-order valence-electron chi connectivity index (χ4n) is 3.08. The molecule has 0 saturated carbocycles. The van der Waals surface area contributed by atoms with E-state index in [0.717, 1.165) is 27.6 Å². The number of rotatable bonds is 6. The van der Waals surface area contributed by atoms with Crippen LogP contribution in [0.2, 0.25) is 0 Å². The molecule has 6 heteroatoms. The van der Waals surface area contributed by atoms with Crippen molar-refractivity contribution in [3.63, 3.8) is 0 Å². The number of benzene rings is 2. The summed E-state index contributed by atoms with van der Waals surface area (Å²) in [5, 5.41) is 8.23. The number of pyridine rings is 1. The third-order valence-electron chi connectivity index (χ3n) is 4.53. The summed E-state index contributed by atoms with van der Waals surface area (Å²) in [5.74, 6) is 1.48. The van der Waals surface area contributed by atoms with Gasteiger partial charge in [-0.05, 0) is 55.1 Å². The molecule has 0 spiro atoms. The van der Waals surface area contributed by atoms with E-state index >= 15 is 0 Å². The summed E-state index contributed by atoms with van der Waals surface area (Å²) in [4.78, 5) is 16.9. The minimum absolute atomic E-state index is 0.00444. The summed E-state index contributed by atoms with van der Waals surface area (Å²) in [7, 11) is 0. The largest absolute Gasteiger partial charge is 0.360 e. The molecule has 0 aliphatic heterocycles. The van der Waals surface area contributed by atoms with E-state index in [4.69, 9.17) is 4.52 Å².